The predicted octanol–water partition coefficient (Wildman–Crippen LogP) is 5.26. The first-order valence-corrected chi connectivity index (χ1v) is 10.2. The Morgan fingerprint density at radius 1 is 1.28 bits per heavy atom. The molecule has 0 radical (unpaired) electrons. The summed E-state index contributed by atoms with van der Waals surface area (Å²) in [7, 11) is 0. The molecule has 1 atom stereocenters. The summed E-state index contributed by atoms with van der Waals surface area (Å²) in [6.07, 6.45) is 2.41. The number of benzene rings is 1. The Morgan fingerprint density at radius 2 is 2.04 bits per heavy atom. The molecule has 1 aliphatic heterocycles. The van der Waals surface area contributed by atoms with Gasteiger partial charge in [0.25, 0.3) is 5.91 Å². The van der Waals surface area contributed by atoms with Gasteiger partial charge < -0.3 is 5.32 Å². The maximum atomic E-state index is 12.6. The van der Waals surface area contributed by atoms with Crippen LogP contribution in [0.15, 0.2) is 35.7 Å². The number of piperidine rings is 1. The summed E-state index contributed by atoms with van der Waals surface area (Å²) in [6, 6.07) is 9.54. The van der Waals surface area contributed by atoms with Gasteiger partial charge in [-0.1, -0.05) is 42.3 Å². The quantitative estimate of drug-likeness (QED) is 0.747. The molecule has 2 heterocycles. The number of carbonyl (C=O) groups is 1. The van der Waals surface area contributed by atoms with Crippen LogP contribution in [0.5, 0.6) is 0 Å². The van der Waals surface area contributed by atoms with E-state index in [4.69, 9.17) is 23.2 Å². The normalized spacial score (nSPS) is 17.4. The number of nitrogens with one attached hydrogen (secondary N) is 1. The fraction of sp³-hybridized carbons (Fsp3) is 0.421. The number of rotatable bonds is 5. The molecule has 1 N–H and O–H groups in total. The SMILES string of the molecule is CC1CCN(C(CNC(=O)c2cccc(Cl)c2Cl)c2cccs2)CC1. The van der Waals surface area contributed by atoms with E-state index in [2.05, 4.69) is 34.7 Å². The van der Waals surface area contributed by atoms with Gasteiger partial charge in [-0.25, -0.2) is 0 Å². The minimum atomic E-state index is -0.181. The molecule has 2 aromatic rings. The highest BCUT2D eigenvalue weighted by Gasteiger charge is 2.26. The van der Waals surface area contributed by atoms with Crippen molar-refractivity contribution in [1.29, 1.82) is 0 Å². The fourth-order valence-electron chi connectivity index (χ4n) is 3.19. The smallest absolute Gasteiger partial charge is 0.252 e. The molecule has 1 fully saturated rings. The lowest BCUT2D eigenvalue weighted by molar-refractivity contribution is 0.0915. The lowest BCUT2D eigenvalue weighted by atomic mass is 9.97. The van der Waals surface area contributed by atoms with Crippen molar-refractivity contribution < 1.29 is 4.79 Å². The highest BCUT2D eigenvalue weighted by atomic mass is 35.5. The van der Waals surface area contributed by atoms with Crippen LogP contribution in [-0.4, -0.2) is 30.4 Å². The van der Waals surface area contributed by atoms with E-state index in [1.807, 2.05) is 0 Å². The van der Waals surface area contributed by atoms with Crippen molar-refractivity contribution in [2.45, 2.75) is 25.8 Å². The van der Waals surface area contributed by atoms with Gasteiger partial charge in [0, 0.05) is 11.4 Å². The zero-order chi connectivity index (χ0) is 17.8. The molecule has 1 aliphatic rings. The topological polar surface area (TPSA) is 32.3 Å². The number of likely N-dealkylation sites (tertiary alicyclic amines) is 1. The van der Waals surface area contributed by atoms with Gasteiger partial charge in [-0.2, -0.15) is 0 Å². The molecule has 0 spiro atoms. The van der Waals surface area contributed by atoms with Gasteiger partial charge >= 0.3 is 0 Å². The van der Waals surface area contributed by atoms with Gasteiger partial charge in [-0.05, 0) is 55.4 Å². The molecule has 1 aromatic heterocycles. The molecule has 25 heavy (non-hydrogen) atoms. The van der Waals surface area contributed by atoms with Crippen molar-refractivity contribution in [3.63, 3.8) is 0 Å². The third-order valence-corrected chi connectivity index (χ3v) is 6.58. The summed E-state index contributed by atoms with van der Waals surface area (Å²) >= 11 is 13.9. The first kappa shape index (κ1) is 18.7. The van der Waals surface area contributed by atoms with E-state index in [9.17, 15) is 4.79 Å². The molecule has 6 heteroatoms. The van der Waals surface area contributed by atoms with E-state index < -0.39 is 0 Å². The average molecular weight is 397 g/mol. The Balaban J connectivity index is 1.70. The van der Waals surface area contributed by atoms with Crippen molar-refractivity contribution in [3.8, 4) is 0 Å². The predicted molar refractivity (Wildman–Crippen MR) is 106 cm³/mol. The second kappa shape index (κ2) is 8.54. The fourth-order valence-corrected chi connectivity index (χ4v) is 4.44. The maximum Gasteiger partial charge on any atom is 0.252 e. The first-order chi connectivity index (χ1) is 12.1. The lowest BCUT2D eigenvalue weighted by Crippen LogP contribution is -2.41. The Labute approximate surface area is 162 Å². The minimum absolute atomic E-state index is 0.181. The van der Waals surface area contributed by atoms with Gasteiger partial charge in [0.1, 0.15) is 0 Å². The van der Waals surface area contributed by atoms with Crippen molar-refractivity contribution in [3.05, 3.63) is 56.2 Å². The van der Waals surface area contributed by atoms with Crippen LogP contribution in [-0.2, 0) is 0 Å². The maximum absolute atomic E-state index is 12.6. The van der Waals surface area contributed by atoms with Crippen LogP contribution < -0.4 is 5.32 Å². The standard InChI is InChI=1S/C19H22Cl2N2OS/c1-13-7-9-23(10-8-13)16(17-6-3-11-25-17)12-22-19(24)14-4-2-5-15(20)18(14)21/h2-6,11,13,16H,7-10,12H2,1H3,(H,22,24). The molecule has 1 saturated heterocycles. The van der Waals surface area contributed by atoms with Crippen LogP contribution in [0.25, 0.3) is 0 Å². The first-order valence-electron chi connectivity index (χ1n) is 8.56. The van der Waals surface area contributed by atoms with E-state index in [1.54, 1.807) is 29.5 Å². The second-order valence-corrected chi connectivity index (χ2v) is 8.33. The van der Waals surface area contributed by atoms with Crippen molar-refractivity contribution in [1.82, 2.24) is 10.2 Å². The summed E-state index contributed by atoms with van der Waals surface area (Å²) in [5, 5.41) is 5.84. The molecule has 3 nitrogen and oxygen atoms in total. The highest BCUT2D eigenvalue weighted by Crippen LogP contribution is 2.30. The summed E-state index contributed by atoms with van der Waals surface area (Å²) < 4.78 is 0. The molecule has 3 rings (SSSR count). The van der Waals surface area contributed by atoms with Crippen LogP contribution in [0.2, 0.25) is 10.0 Å². The van der Waals surface area contributed by atoms with Crippen LogP contribution in [0, 0.1) is 5.92 Å². The molecule has 1 unspecified atom stereocenters. The van der Waals surface area contributed by atoms with E-state index in [0.717, 1.165) is 19.0 Å². The Morgan fingerprint density at radius 3 is 2.72 bits per heavy atom. The molecule has 0 bridgehead atoms. The highest BCUT2D eigenvalue weighted by molar-refractivity contribution is 7.10. The van der Waals surface area contributed by atoms with Gasteiger partial charge in [0.15, 0.2) is 0 Å². The Bertz CT molecular complexity index is 712. The van der Waals surface area contributed by atoms with Crippen LogP contribution in [0.4, 0.5) is 0 Å². The molecule has 0 aliphatic carbocycles. The van der Waals surface area contributed by atoms with Gasteiger partial charge in [-0.15, -0.1) is 11.3 Å². The number of carbonyl (C=O) groups excluding carboxylic acids is 1. The molecular weight excluding hydrogens is 375 g/mol. The number of amides is 1. The Hall–Kier alpha value is -1.07. The van der Waals surface area contributed by atoms with Gasteiger partial charge in [-0.3, -0.25) is 9.69 Å². The average Bonchev–Trinajstić information content (AvgIpc) is 3.13. The van der Waals surface area contributed by atoms with E-state index >= 15 is 0 Å². The zero-order valence-corrected chi connectivity index (χ0v) is 16.5. The van der Waals surface area contributed by atoms with E-state index in [-0.39, 0.29) is 11.9 Å². The van der Waals surface area contributed by atoms with E-state index in [0.29, 0.717) is 22.2 Å². The summed E-state index contributed by atoms with van der Waals surface area (Å²) in [6.45, 7) is 5.01. The Kier molecular flexibility index (Phi) is 6.39. The number of hydrogen-bond donors (Lipinski definition) is 1. The number of halogens is 2. The largest absolute Gasteiger partial charge is 0.350 e. The van der Waals surface area contributed by atoms with Crippen LogP contribution in [0.3, 0.4) is 0 Å². The third kappa shape index (κ3) is 4.56. The number of hydrogen-bond acceptors (Lipinski definition) is 3. The molecule has 1 amide bonds. The lowest BCUT2D eigenvalue weighted by Gasteiger charge is -2.36. The summed E-state index contributed by atoms with van der Waals surface area (Å²) in [5.41, 5.74) is 0.423. The van der Waals surface area contributed by atoms with Crippen molar-refractivity contribution in [2.24, 2.45) is 5.92 Å². The van der Waals surface area contributed by atoms with Crippen molar-refractivity contribution in [2.75, 3.05) is 19.6 Å². The molecule has 1 aromatic carbocycles. The summed E-state index contributed by atoms with van der Waals surface area (Å²) in [5.74, 6) is 0.597. The van der Waals surface area contributed by atoms with Crippen molar-refractivity contribution >= 4 is 40.4 Å². The van der Waals surface area contributed by atoms with Crippen LogP contribution in [0.1, 0.15) is 41.0 Å². The van der Waals surface area contributed by atoms with Gasteiger partial charge in [0.05, 0.1) is 21.7 Å². The summed E-state index contributed by atoms with van der Waals surface area (Å²) in [4.78, 5) is 16.3. The molecule has 0 saturated carbocycles. The van der Waals surface area contributed by atoms with E-state index in [1.165, 1.54) is 17.7 Å². The monoisotopic (exact) mass is 396 g/mol. The molecule has 134 valence electrons. The third-order valence-electron chi connectivity index (χ3n) is 4.78. The second-order valence-electron chi connectivity index (χ2n) is 6.56. The number of thiophene rings is 1. The molecular formula is C19H22Cl2N2OS. The van der Waals surface area contributed by atoms with Crippen LogP contribution >= 0.6 is 34.5 Å². The number of nitrogens with zero attached hydrogens (tertiary/aromatic N) is 1. The zero-order valence-electron chi connectivity index (χ0n) is 14.2. The minimum Gasteiger partial charge on any atom is -0.350 e. The van der Waals surface area contributed by atoms with Gasteiger partial charge in [0.2, 0.25) is 0 Å².